The second-order valence-corrected chi connectivity index (χ2v) is 8.73. The fourth-order valence-corrected chi connectivity index (χ4v) is 4.87. The van der Waals surface area contributed by atoms with Gasteiger partial charge in [-0.1, -0.05) is 12.1 Å². The summed E-state index contributed by atoms with van der Waals surface area (Å²) < 4.78 is 11.3. The summed E-state index contributed by atoms with van der Waals surface area (Å²) in [5.41, 5.74) is 6.01. The van der Waals surface area contributed by atoms with Crippen LogP contribution in [0.15, 0.2) is 45.6 Å². The molecule has 0 N–H and O–H groups in total. The van der Waals surface area contributed by atoms with Crippen molar-refractivity contribution < 1.29 is 13.9 Å². The minimum absolute atomic E-state index is 0.0237. The van der Waals surface area contributed by atoms with Crippen molar-refractivity contribution in [3.05, 3.63) is 69.1 Å². The molecule has 0 unspecified atom stereocenters. The molecule has 3 aromatic rings. The number of ether oxygens (including phenoxy) is 1. The highest BCUT2D eigenvalue weighted by Crippen LogP contribution is 2.29. The second-order valence-electron chi connectivity index (χ2n) is 8.73. The Hall–Kier alpha value is -3.28. The van der Waals surface area contributed by atoms with E-state index in [9.17, 15) is 9.59 Å². The lowest BCUT2D eigenvalue weighted by atomic mass is 10.1. The molecule has 6 heteroatoms. The van der Waals surface area contributed by atoms with Crippen LogP contribution in [0.4, 0.5) is 5.69 Å². The number of aryl methyl sites for hydroxylation is 2. The van der Waals surface area contributed by atoms with Crippen LogP contribution in [0.25, 0.3) is 11.0 Å². The fraction of sp³-hybridized carbons (Fsp3) is 0.385. The van der Waals surface area contributed by atoms with E-state index in [0.717, 1.165) is 48.9 Å². The lowest BCUT2D eigenvalue weighted by Gasteiger charge is -2.37. The minimum Gasteiger partial charge on any atom is -0.484 e. The minimum atomic E-state index is -0.250. The summed E-state index contributed by atoms with van der Waals surface area (Å²) in [7, 11) is 0. The van der Waals surface area contributed by atoms with Gasteiger partial charge >= 0.3 is 5.63 Å². The SMILES string of the molecule is Cc1cccc(N2CCN(C(=O)COc3ccc4c5c(c(=O)oc4c3)CCC5)CC2)c1C. The Morgan fingerprint density at radius 3 is 2.62 bits per heavy atom. The largest absolute Gasteiger partial charge is 0.484 e. The molecular weight excluding hydrogens is 404 g/mol. The van der Waals surface area contributed by atoms with Gasteiger partial charge in [-0.2, -0.15) is 0 Å². The predicted molar refractivity (Wildman–Crippen MR) is 125 cm³/mol. The molecular formula is C26H28N2O4. The molecule has 0 bridgehead atoms. The van der Waals surface area contributed by atoms with Gasteiger partial charge in [-0.15, -0.1) is 0 Å². The monoisotopic (exact) mass is 432 g/mol. The number of amides is 1. The van der Waals surface area contributed by atoms with Gasteiger partial charge in [0, 0.05) is 48.9 Å². The van der Waals surface area contributed by atoms with Crippen LogP contribution in [-0.2, 0) is 17.6 Å². The number of rotatable bonds is 4. The van der Waals surface area contributed by atoms with Gasteiger partial charge in [-0.05, 0) is 68.0 Å². The van der Waals surface area contributed by atoms with Crippen LogP contribution in [0, 0.1) is 13.8 Å². The molecule has 1 aliphatic heterocycles. The number of carbonyl (C=O) groups is 1. The van der Waals surface area contributed by atoms with Gasteiger partial charge in [0.1, 0.15) is 11.3 Å². The molecule has 32 heavy (non-hydrogen) atoms. The molecule has 1 aromatic heterocycles. The molecule has 0 atom stereocenters. The quantitative estimate of drug-likeness (QED) is 0.589. The first-order valence-corrected chi connectivity index (χ1v) is 11.3. The highest BCUT2D eigenvalue weighted by atomic mass is 16.5. The second kappa shape index (κ2) is 8.34. The first kappa shape index (κ1) is 20.6. The van der Waals surface area contributed by atoms with Crippen LogP contribution in [0.2, 0.25) is 0 Å². The Kier molecular flexibility index (Phi) is 5.37. The van der Waals surface area contributed by atoms with Crippen LogP contribution in [0.1, 0.15) is 28.7 Å². The van der Waals surface area contributed by atoms with Gasteiger partial charge in [-0.3, -0.25) is 4.79 Å². The Bertz CT molecular complexity index is 1240. The highest BCUT2D eigenvalue weighted by Gasteiger charge is 2.23. The van der Waals surface area contributed by atoms with Gasteiger partial charge < -0.3 is 19.0 Å². The molecule has 2 heterocycles. The molecule has 6 nitrogen and oxygen atoms in total. The molecule has 1 aliphatic carbocycles. The van der Waals surface area contributed by atoms with Gasteiger partial charge in [0.05, 0.1) is 0 Å². The van der Waals surface area contributed by atoms with E-state index in [4.69, 9.17) is 9.15 Å². The van der Waals surface area contributed by atoms with Crippen LogP contribution in [-0.4, -0.2) is 43.6 Å². The van der Waals surface area contributed by atoms with Gasteiger partial charge in [-0.25, -0.2) is 4.79 Å². The van der Waals surface area contributed by atoms with E-state index in [2.05, 4.69) is 36.9 Å². The van der Waals surface area contributed by atoms with E-state index in [1.165, 1.54) is 16.8 Å². The zero-order valence-electron chi connectivity index (χ0n) is 18.6. The molecule has 2 aromatic carbocycles. The third-order valence-electron chi connectivity index (χ3n) is 6.86. The van der Waals surface area contributed by atoms with E-state index in [-0.39, 0.29) is 18.1 Å². The lowest BCUT2D eigenvalue weighted by Crippen LogP contribution is -2.50. The smallest absolute Gasteiger partial charge is 0.339 e. The summed E-state index contributed by atoms with van der Waals surface area (Å²) in [6.07, 6.45) is 2.68. The normalized spacial score (nSPS) is 15.8. The molecule has 1 amide bonds. The zero-order chi connectivity index (χ0) is 22.2. The first-order valence-electron chi connectivity index (χ1n) is 11.3. The third kappa shape index (κ3) is 3.74. The summed E-state index contributed by atoms with van der Waals surface area (Å²) >= 11 is 0. The number of fused-ring (bicyclic) bond motifs is 3. The van der Waals surface area contributed by atoms with Crippen molar-refractivity contribution >= 4 is 22.6 Å². The Morgan fingerprint density at radius 1 is 1.03 bits per heavy atom. The predicted octanol–water partition coefficient (Wildman–Crippen LogP) is 3.63. The summed E-state index contributed by atoms with van der Waals surface area (Å²) in [6.45, 7) is 7.22. The van der Waals surface area contributed by atoms with Crippen molar-refractivity contribution in [2.75, 3.05) is 37.7 Å². The highest BCUT2D eigenvalue weighted by molar-refractivity contribution is 5.83. The molecule has 1 saturated heterocycles. The summed E-state index contributed by atoms with van der Waals surface area (Å²) in [6, 6.07) is 11.9. The van der Waals surface area contributed by atoms with Crippen LogP contribution < -0.4 is 15.3 Å². The van der Waals surface area contributed by atoms with Gasteiger partial charge in [0.25, 0.3) is 5.91 Å². The molecule has 5 rings (SSSR count). The molecule has 0 spiro atoms. The number of carbonyl (C=O) groups excluding carboxylic acids is 1. The molecule has 2 aliphatic rings. The summed E-state index contributed by atoms with van der Waals surface area (Å²) in [4.78, 5) is 29.1. The summed E-state index contributed by atoms with van der Waals surface area (Å²) in [5.74, 6) is 0.516. The van der Waals surface area contributed by atoms with Gasteiger partial charge in [0.2, 0.25) is 0 Å². The molecule has 0 radical (unpaired) electrons. The van der Waals surface area contributed by atoms with Crippen molar-refractivity contribution in [2.24, 2.45) is 0 Å². The molecule has 0 saturated carbocycles. The average Bonchev–Trinajstić information content (AvgIpc) is 3.30. The van der Waals surface area contributed by atoms with Crippen molar-refractivity contribution in [1.29, 1.82) is 0 Å². The standard InChI is InChI=1S/C26H28N2O4/c1-17-5-3-8-23(18(17)2)27-11-13-28(14-12-27)25(29)16-31-19-9-10-21-20-6-4-7-22(20)26(30)32-24(21)15-19/h3,5,8-10,15H,4,6-7,11-14,16H2,1-2H3. The van der Waals surface area contributed by atoms with Crippen LogP contribution >= 0.6 is 0 Å². The van der Waals surface area contributed by atoms with E-state index in [1.54, 1.807) is 6.07 Å². The Labute approximate surface area is 187 Å². The number of benzene rings is 2. The molecule has 1 fully saturated rings. The van der Waals surface area contributed by atoms with E-state index in [0.29, 0.717) is 24.4 Å². The number of piperazine rings is 1. The Morgan fingerprint density at radius 2 is 1.81 bits per heavy atom. The van der Waals surface area contributed by atoms with E-state index in [1.807, 2.05) is 17.0 Å². The summed E-state index contributed by atoms with van der Waals surface area (Å²) in [5, 5.41) is 0.971. The maximum absolute atomic E-state index is 12.7. The average molecular weight is 433 g/mol. The number of anilines is 1. The van der Waals surface area contributed by atoms with Crippen molar-refractivity contribution in [3.8, 4) is 5.75 Å². The maximum atomic E-state index is 12.7. The van der Waals surface area contributed by atoms with E-state index >= 15 is 0 Å². The number of hydrogen-bond acceptors (Lipinski definition) is 5. The molecule has 166 valence electrons. The first-order chi connectivity index (χ1) is 15.5. The number of nitrogens with zero attached hydrogens (tertiary/aromatic N) is 2. The van der Waals surface area contributed by atoms with Gasteiger partial charge in [0.15, 0.2) is 6.61 Å². The third-order valence-corrected chi connectivity index (χ3v) is 6.86. The van der Waals surface area contributed by atoms with Crippen molar-refractivity contribution in [1.82, 2.24) is 4.90 Å². The maximum Gasteiger partial charge on any atom is 0.339 e. The lowest BCUT2D eigenvalue weighted by molar-refractivity contribution is -0.133. The van der Waals surface area contributed by atoms with E-state index < -0.39 is 0 Å². The number of hydrogen-bond donors (Lipinski definition) is 0. The Balaban J connectivity index is 1.21. The zero-order valence-corrected chi connectivity index (χ0v) is 18.6. The van der Waals surface area contributed by atoms with Crippen molar-refractivity contribution in [2.45, 2.75) is 33.1 Å². The van der Waals surface area contributed by atoms with Crippen LogP contribution in [0.3, 0.4) is 0 Å². The fourth-order valence-electron chi connectivity index (χ4n) is 4.87. The van der Waals surface area contributed by atoms with Crippen LogP contribution in [0.5, 0.6) is 5.75 Å². The van der Waals surface area contributed by atoms with Crippen molar-refractivity contribution in [3.63, 3.8) is 0 Å². The topological polar surface area (TPSA) is 63.0 Å².